The molecule has 1 aliphatic heterocycles. The number of thioether (sulfide) groups is 1. The molecule has 0 radical (unpaired) electrons. The summed E-state index contributed by atoms with van der Waals surface area (Å²) in [6.07, 6.45) is 4.44. The van der Waals surface area contributed by atoms with Gasteiger partial charge in [0.15, 0.2) is 0 Å². The van der Waals surface area contributed by atoms with Crippen molar-refractivity contribution < 1.29 is 19.5 Å². The molecule has 2 N–H and O–H groups in total. The Morgan fingerprint density at radius 1 is 1.27 bits per heavy atom. The van der Waals surface area contributed by atoms with Crippen LogP contribution in [0, 0.1) is 0 Å². The van der Waals surface area contributed by atoms with Crippen LogP contribution < -0.4 is 5.32 Å². The van der Waals surface area contributed by atoms with E-state index in [-0.39, 0.29) is 11.8 Å². The first-order valence-corrected chi connectivity index (χ1v) is 9.91. The number of carbonyl (C=O) groups excluding carboxylic acids is 2. The first-order chi connectivity index (χ1) is 12.5. The van der Waals surface area contributed by atoms with Crippen LogP contribution in [-0.2, 0) is 9.59 Å². The Balaban J connectivity index is 1.84. The van der Waals surface area contributed by atoms with Gasteiger partial charge in [-0.3, -0.25) is 14.4 Å². The van der Waals surface area contributed by atoms with Gasteiger partial charge in [0.2, 0.25) is 5.91 Å². The van der Waals surface area contributed by atoms with E-state index >= 15 is 0 Å². The van der Waals surface area contributed by atoms with Crippen molar-refractivity contribution >= 4 is 29.5 Å². The molecular weight excluding hydrogens is 352 g/mol. The fourth-order valence-corrected chi connectivity index (χ4v) is 3.77. The molecule has 2 amide bonds. The molecule has 1 aromatic rings. The van der Waals surface area contributed by atoms with E-state index in [1.807, 2.05) is 4.90 Å². The van der Waals surface area contributed by atoms with Crippen LogP contribution in [0.25, 0.3) is 0 Å². The molecule has 0 spiro atoms. The van der Waals surface area contributed by atoms with Crippen molar-refractivity contribution in [3.05, 3.63) is 29.8 Å². The van der Waals surface area contributed by atoms with E-state index in [2.05, 4.69) is 5.32 Å². The third-order valence-corrected chi connectivity index (χ3v) is 5.51. The van der Waals surface area contributed by atoms with E-state index in [0.29, 0.717) is 36.4 Å². The van der Waals surface area contributed by atoms with E-state index in [4.69, 9.17) is 5.11 Å². The maximum absolute atomic E-state index is 12.4. The molecule has 1 aromatic carbocycles. The first-order valence-electron chi connectivity index (χ1n) is 9.03. The van der Waals surface area contributed by atoms with Crippen molar-refractivity contribution in [2.75, 3.05) is 19.6 Å². The fourth-order valence-electron chi connectivity index (χ4n) is 2.84. The molecule has 1 unspecified atom stereocenters. The number of hydrogen-bond donors (Lipinski definition) is 2. The monoisotopic (exact) mass is 378 g/mol. The van der Waals surface area contributed by atoms with Crippen molar-refractivity contribution in [2.45, 2.75) is 49.2 Å². The number of aliphatic carboxylic acids is 1. The second-order valence-electron chi connectivity index (χ2n) is 6.40. The third-order valence-electron chi connectivity index (χ3n) is 4.34. The van der Waals surface area contributed by atoms with Crippen LogP contribution >= 0.6 is 11.8 Å². The quantitative estimate of drug-likeness (QED) is 0.537. The predicted molar refractivity (Wildman–Crippen MR) is 101 cm³/mol. The van der Waals surface area contributed by atoms with Gasteiger partial charge in [0.1, 0.15) is 5.25 Å². The summed E-state index contributed by atoms with van der Waals surface area (Å²) in [7, 11) is 0. The number of rotatable bonds is 8. The summed E-state index contributed by atoms with van der Waals surface area (Å²) < 4.78 is 0. The van der Waals surface area contributed by atoms with Gasteiger partial charge < -0.3 is 15.3 Å². The number of nitrogens with one attached hydrogen (secondary N) is 1. The Labute approximate surface area is 158 Å². The molecule has 0 bridgehead atoms. The lowest BCUT2D eigenvalue weighted by molar-refractivity contribution is -0.136. The lowest BCUT2D eigenvalue weighted by Crippen LogP contribution is -2.34. The van der Waals surface area contributed by atoms with Crippen molar-refractivity contribution in [1.82, 2.24) is 10.2 Å². The smallest absolute Gasteiger partial charge is 0.316 e. The molecule has 26 heavy (non-hydrogen) atoms. The van der Waals surface area contributed by atoms with Gasteiger partial charge in [0, 0.05) is 31.0 Å². The second-order valence-corrected chi connectivity index (χ2v) is 7.78. The number of benzene rings is 1. The number of carbonyl (C=O) groups is 3. The zero-order valence-corrected chi connectivity index (χ0v) is 15.9. The normalized spacial score (nSPS) is 16.0. The van der Waals surface area contributed by atoms with Crippen molar-refractivity contribution in [3.63, 3.8) is 0 Å². The highest BCUT2D eigenvalue weighted by molar-refractivity contribution is 8.00. The summed E-state index contributed by atoms with van der Waals surface area (Å²) in [6.45, 7) is 3.54. The highest BCUT2D eigenvalue weighted by atomic mass is 32.2. The van der Waals surface area contributed by atoms with Crippen LogP contribution in [0.5, 0.6) is 0 Å². The number of carboxylic acids is 1. The average Bonchev–Trinajstić information content (AvgIpc) is 2.83. The number of amides is 2. The summed E-state index contributed by atoms with van der Waals surface area (Å²) >= 11 is 1.16. The summed E-state index contributed by atoms with van der Waals surface area (Å²) in [5, 5.41) is 11.3. The van der Waals surface area contributed by atoms with Gasteiger partial charge in [-0.15, -0.1) is 11.8 Å². The zero-order valence-electron chi connectivity index (χ0n) is 15.1. The molecular formula is C19H26N2O4S. The van der Waals surface area contributed by atoms with Crippen LogP contribution in [0.2, 0.25) is 0 Å². The SMILES string of the molecule is CC(Sc1ccccc1C(=O)NCCCN1CCCCCC1=O)C(=O)O. The van der Waals surface area contributed by atoms with E-state index in [1.165, 1.54) is 0 Å². The van der Waals surface area contributed by atoms with E-state index in [9.17, 15) is 14.4 Å². The van der Waals surface area contributed by atoms with Crippen molar-refractivity contribution in [1.29, 1.82) is 0 Å². The number of likely N-dealkylation sites (tertiary alicyclic amines) is 1. The fraction of sp³-hybridized carbons (Fsp3) is 0.526. The highest BCUT2D eigenvalue weighted by Gasteiger charge is 2.18. The van der Waals surface area contributed by atoms with E-state index in [1.54, 1.807) is 31.2 Å². The Morgan fingerprint density at radius 3 is 2.81 bits per heavy atom. The average molecular weight is 378 g/mol. The Bertz CT molecular complexity index is 650. The largest absolute Gasteiger partial charge is 0.480 e. The summed E-state index contributed by atoms with van der Waals surface area (Å²) in [5.41, 5.74) is 0.483. The summed E-state index contributed by atoms with van der Waals surface area (Å²) in [4.78, 5) is 38.0. The van der Waals surface area contributed by atoms with E-state index < -0.39 is 11.2 Å². The Morgan fingerprint density at radius 2 is 2.04 bits per heavy atom. The lowest BCUT2D eigenvalue weighted by Gasteiger charge is -2.20. The van der Waals surface area contributed by atoms with Gasteiger partial charge in [-0.25, -0.2) is 0 Å². The maximum atomic E-state index is 12.4. The standard InChI is InChI=1S/C19H26N2O4S/c1-14(19(24)25)26-16-9-5-4-8-15(16)18(23)20-11-7-13-21-12-6-2-3-10-17(21)22/h4-5,8-9,14H,2-3,6-7,10-13H2,1H3,(H,20,23)(H,24,25). The van der Waals surface area contributed by atoms with Crippen molar-refractivity contribution in [3.8, 4) is 0 Å². The molecule has 0 saturated carbocycles. The summed E-state index contributed by atoms with van der Waals surface area (Å²) in [5.74, 6) is -0.918. The number of hydrogen-bond acceptors (Lipinski definition) is 4. The minimum Gasteiger partial charge on any atom is -0.480 e. The van der Waals surface area contributed by atoms with Gasteiger partial charge in [-0.2, -0.15) is 0 Å². The molecule has 6 nitrogen and oxygen atoms in total. The Hall–Kier alpha value is -2.02. The topological polar surface area (TPSA) is 86.7 Å². The Kier molecular flexibility index (Phi) is 7.97. The van der Waals surface area contributed by atoms with E-state index in [0.717, 1.165) is 37.6 Å². The third kappa shape index (κ3) is 6.05. The van der Waals surface area contributed by atoms with Gasteiger partial charge >= 0.3 is 5.97 Å². The maximum Gasteiger partial charge on any atom is 0.316 e. The van der Waals surface area contributed by atoms with Crippen LogP contribution in [0.1, 0.15) is 49.4 Å². The molecule has 1 fully saturated rings. The molecule has 0 aliphatic carbocycles. The zero-order chi connectivity index (χ0) is 18.9. The van der Waals surface area contributed by atoms with Crippen LogP contribution in [0.3, 0.4) is 0 Å². The minimum atomic E-state index is -0.910. The molecule has 0 aromatic heterocycles. The van der Waals surface area contributed by atoms with Gasteiger partial charge in [-0.1, -0.05) is 18.6 Å². The molecule has 142 valence electrons. The molecule has 2 rings (SSSR count). The van der Waals surface area contributed by atoms with Crippen LogP contribution in [-0.4, -0.2) is 52.7 Å². The molecule has 1 atom stereocenters. The first kappa shape index (κ1) is 20.3. The van der Waals surface area contributed by atoms with Crippen LogP contribution in [0.4, 0.5) is 0 Å². The lowest BCUT2D eigenvalue weighted by atomic mass is 10.2. The molecule has 1 aliphatic rings. The molecule has 7 heteroatoms. The van der Waals surface area contributed by atoms with Crippen LogP contribution in [0.15, 0.2) is 29.2 Å². The minimum absolute atomic E-state index is 0.207. The van der Waals surface area contributed by atoms with Crippen molar-refractivity contribution in [2.24, 2.45) is 0 Å². The predicted octanol–water partition coefficient (Wildman–Crippen LogP) is 2.77. The van der Waals surface area contributed by atoms with Gasteiger partial charge in [0.05, 0.1) is 5.56 Å². The summed E-state index contributed by atoms with van der Waals surface area (Å²) in [6, 6.07) is 7.01. The number of nitrogens with zero attached hydrogens (tertiary/aromatic N) is 1. The van der Waals surface area contributed by atoms with Gasteiger partial charge in [0.25, 0.3) is 5.91 Å². The second kappa shape index (κ2) is 10.2. The molecule has 1 heterocycles. The molecule has 1 saturated heterocycles. The number of carboxylic acid groups (broad SMARTS) is 1. The van der Waals surface area contributed by atoms with Gasteiger partial charge in [-0.05, 0) is 38.3 Å². The highest BCUT2D eigenvalue weighted by Crippen LogP contribution is 2.27.